The summed E-state index contributed by atoms with van der Waals surface area (Å²) in [7, 11) is 1.49. The van der Waals surface area contributed by atoms with Gasteiger partial charge in [-0.1, -0.05) is 32.0 Å². The molecule has 1 heterocycles. The predicted octanol–water partition coefficient (Wildman–Crippen LogP) is 3.22. The fourth-order valence-corrected chi connectivity index (χ4v) is 3.16. The predicted molar refractivity (Wildman–Crippen MR) is 92.0 cm³/mol. The van der Waals surface area contributed by atoms with Crippen molar-refractivity contribution in [1.82, 2.24) is 9.78 Å². The highest BCUT2D eigenvalue weighted by Crippen LogP contribution is 2.35. The highest BCUT2D eigenvalue weighted by Gasteiger charge is 2.28. The lowest BCUT2D eigenvalue weighted by Gasteiger charge is -2.29. The van der Waals surface area contributed by atoms with Crippen molar-refractivity contribution in [1.29, 1.82) is 0 Å². The molecule has 3 N–H and O–H groups in total. The Morgan fingerprint density at radius 3 is 2.50 bits per heavy atom. The Bertz CT molecular complexity index is 710. The molecule has 0 amide bonds. The second kappa shape index (κ2) is 6.91. The van der Waals surface area contributed by atoms with Gasteiger partial charge < -0.3 is 15.5 Å². The molecule has 0 fully saturated rings. The molecular formula is C18H26FN3O2. The maximum Gasteiger partial charge on any atom is 0.219 e. The van der Waals surface area contributed by atoms with E-state index in [1.165, 1.54) is 7.05 Å². The van der Waals surface area contributed by atoms with Crippen molar-refractivity contribution in [2.24, 2.45) is 13.0 Å². The quantitative estimate of drug-likeness (QED) is 0.709. The van der Waals surface area contributed by atoms with Crippen LogP contribution in [0, 0.1) is 18.8 Å². The van der Waals surface area contributed by atoms with Crippen LogP contribution in [0.25, 0.3) is 0 Å². The van der Waals surface area contributed by atoms with Crippen LogP contribution in [0.3, 0.4) is 0 Å². The molecule has 0 aliphatic carbocycles. The van der Waals surface area contributed by atoms with Crippen molar-refractivity contribution >= 4 is 5.69 Å². The highest BCUT2D eigenvalue weighted by atomic mass is 19.1. The number of aromatic nitrogens is 2. The van der Waals surface area contributed by atoms with E-state index in [0.29, 0.717) is 29.3 Å². The molecule has 0 saturated heterocycles. The Labute approximate surface area is 142 Å². The molecule has 24 heavy (non-hydrogen) atoms. The van der Waals surface area contributed by atoms with Crippen LogP contribution in [0.15, 0.2) is 24.3 Å². The fraction of sp³-hybridized carbons (Fsp3) is 0.500. The highest BCUT2D eigenvalue weighted by molar-refractivity contribution is 5.54. The van der Waals surface area contributed by atoms with Gasteiger partial charge in [-0.05, 0) is 32.3 Å². The molecule has 5 nitrogen and oxygen atoms in total. The molecule has 2 atom stereocenters. The van der Waals surface area contributed by atoms with Crippen molar-refractivity contribution in [3.8, 4) is 0 Å². The molecular weight excluding hydrogens is 309 g/mol. The maximum absolute atomic E-state index is 14.1. The van der Waals surface area contributed by atoms with E-state index in [1.807, 2.05) is 26.0 Å². The molecule has 0 aliphatic heterocycles. The third-order valence-corrected chi connectivity index (χ3v) is 4.07. The lowest BCUT2D eigenvalue weighted by atomic mass is 9.86. The Balaban J connectivity index is 2.34. The number of rotatable bonds is 6. The van der Waals surface area contributed by atoms with E-state index in [0.717, 1.165) is 4.68 Å². The van der Waals surface area contributed by atoms with Gasteiger partial charge in [0.15, 0.2) is 6.23 Å². The van der Waals surface area contributed by atoms with Crippen molar-refractivity contribution in [2.75, 3.05) is 5.32 Å². The SMILES string of the molecule is Cc1nn(C)c(F)c1C(O)Nc1ccccc1C(C)(O)CC(C)C. The van der Waals surface area contributed by atoms with Gasteiger partial charge in [0.2, 0.25) is 5.95 Å². The summed E-state index contributed by atoms with van der Waals surface area (Å²) in [5, 5.41) is 28.1. The average molecular weight is 335 g/mol. The van der Waals surface area contributed by atoms with Gasteiger partial charge in [-0.2, -0.15) is 9.49 Å². The first-order chi connectivity index (χ1) is 11.1. The largest absolute Gasteiger partial charge is 0.385 e. The summed E-state index contributed by atoms with van der Waals surface area (Å²) in [6.45, 7) is 7.46. The number of aliphatic hydroxyl groups is 2. The van der Waals surface area contributed by atoms with Gasteiger partial charge >= 0.3 is 0 Å². The molecule has 0 radical (unpaired) electrons. The lowest BCUT2D eigenvalue weighted by molar-refractivity contribution is 0.0353. The van der Waals surface area contributed by atoms with E-state index in [4.69, 9.17) is 0 Å². The van der Waals surface area contributed by atoms with Gasteiger partial charge in [0.25, 0.3) is 0 Å². The van der Waals surface area contributed by atoms with Crippen LogP contribution < -0.4 is 5.32 Å². The number of anilines is 1. The summed E-state index contributed by atoms with van der Waals surface area (Å²) in [4.78, 5) is 0. The zero-order valence-corrected chi connectivity index (χ0v) is 14.8. The van der Waals surface area contributed by atoms with Crippen molar-refractivity contribution < 1.29 is 14.6 Å². The smallest absolute Gasteiger partial charge is 0.219 e. The minimum atomic E-state index is -1.25. The summed E-state index contributed by atoms with van der Waals surface area (Å²) in [5.41, 5.74) is 0.704. The van der Waals surface area contributed by atoms with E-state index >= 15 is 0 Å². The topological polar surface area (TPSA) is 70.3 Å². The first kappa shape index (κ1) is 18.4. The number of nitrogens with one attached hydrogen (secondary N) is 1. The second-order valence-corrected chi connectivity index (χ2v) is 6.88. The summed E-state index contributed by atoms with van der Waals surface area (Å²) < 4.78 is 15.2. The summed E-state index contributed by atoms with van der Waals surface area (Å²) >= 11 is 0. The normalized spacial score (nSPS) is 15.4. The Morgan fingerprint density at radius 1 is 1.33 bits per heavy atom. The maximum atomic E-state index is 14.1. The number of para-hydroxylation sites is 1. The minimum absolute atomic E-state index is 0.107. The standard InChI is InChI=1S/C18H26FN3O2/c1-11(2)10-18(4,24)13-8-6-7-9-14(13)20-17(23)15-12(3)21-22(5)16(15)19/h6-9,11,17,20,23-24H,10H2,1-5H3. The second-order valence-electron chi connectivity index (χ2n) is 6.88. The molecule has 0 aliphatic rings. The Hall–Kier alpha value is -1.92. The zero-order valence-electron chi connectivity index (χ0n) is 14.8. The number of hydrogen-bond acceptors (Lipinski definition) is 4. The van der Waals surface area contributed by atoms with E-state index in [1.54, 1.807) is 26.0 Å². The summed E-state index contributed by atoms with van der Waals surface area (Å²) in [6.07, 6.45) is -0.683. The number of aliphatic hydroxyl groups excluding tert-OH is 1. The third kappa shape index (κ3) is 3.76. The fourth-order valence-electron chi connectivity index (χ4n) is 3.16. The summed E-state index contributed by atoms with van der Waals surface area (Å²) in [5.74, 6) is -0.282. The molecule has 2 rings (SSSR count). The van der Waals surface area contributed by atoms with Crippen LogP contribution >= 0.6 is 0 Å². The number of halogens is 1. The third-order valence-electron chi connectivity index (χ3n) is 4.07. The van der Waals surface area contributed by atoms with Gasteiger partial charge in [-0.3, -0.25) is 0 Å². The van der Waals surface area contributed by atoms with Crippen molar-refractivity contribution in [2.45, 2.75) is 45.9 Å². The number of hydrogen-bond donors (Lipinski definition) is 3. The molecule has 0 saturated carbocycles. The molecule has 1 aromatic carbocycles. The Morgan fingerprint density at radius 2 is 1.96 bits per heavy atom. The molecule has 132 valence electrons. The number of nitrogens with zero attached hydrogens (tertiary/aromatic N) is 2. The van der Waals surface area contributed by atoms with Crippen LogP contribution in [0.2, 0.25) is 0 Å². The van der Waals surface area contributed by atoms with Gasteiger partial charge in [-0.15, -0.1) is 0 Å². The zero-order chi connectivity index (χ0) is 18.1. The first-order valence-corrected chi connectivity index (χ1v) is 8.09. The monoisotopic (exact) mass is 335 g/mol. The van der Waals surface area contributed by atoms with Crippen LogP contribution in [0.4, 0.5) is 10.1 Å². The minimum Gasteiger partial charge on any atom is -0.385 e. The van der Waals surface area contributed by atoms with Crippen LogP contribution in [-0.2, 0) is 12.6 Å². The van der Waals surface area contributed by atoms with Crippen LogP contribution in [-0.4, -0.2) is 20.0 Å². The van der Waals surface area contributed by atoms with Crippen LogP contribution in [0.5, 0.6) is 0 Å². The van der Waals surface area contributed by atoms with Gasteiger partial charge in [-0.25, -0.2) is 4.68 Å². The van der Waals surface area contributed by atoms with E-state index in [9.17, 15) is 14.6 Å². The van der Waals surface area contributed by atoms with E-state index in [-0.39, 0.29) is 5.56 Å². The van der Waals surface area contributed by atoms with E-state index in [2.05, 4.69) is 10.4 Å². The van der Waals surface area contributed by atoms with Crippen LogP contribution in [0.1, 0.15) is 50.2 Å². The Kier molecular flexibility index (Phi) is 5.30. The average Bonchev–Trinajstić information content (AvgIpc) is 2.71. The number of benzene rings is 1. The molecule has 6 heteroatoms. The van der Waals surface area contributed by atoms with Crippen molar-refractivity contribution in [3.63, 3.8) is 0 Å². The summed E-state index contributed by atoms with van der Waals surface area (Å²) in [6, 6.07) is 7.20. The molecule has 0 bridgehead atoms. The van der Waals surface area contributed by atoms with Gasteiger partial charge in [0.05, 0.1) is 16.9 Å². The first-order valence-electron chi connectivity index (χ1n) is 8.09. The molecule has 1 aromatic heterocycles. The van der Waals surface area contributed by atoms with E-state index < -0.39 is 17.8 Å². The van der Waals surface area contributed by atoms with Gasteiger partial charge in [0, 0.05) is 18.3 Å². The molecule has 2 unspecified atom stereocenters. The molecule has 0 spiro atoms. The van der Waals surface area contributed by atoms with Crippen molar-refractivity contribution in [3.05, 3.63) is 47.0 Å². The lowest BCUT2D eigenvalue weighted by Crippen LogP contribution is -2.25. The molecule has 2 aromatic rings. The number of aryl methyl sites for hydroxylation is 2. The van der Waals surface area contributed by atoms with Gasteiger partial charge in [0.1, 0.15) is 0 Å².